The van der Waals surface area contributed by atoms with Crippen molar-refractivity contribution in [3.63, 3.8) is 0 Å². The van der Waals surface area contributed by atoms with Crippen LogP contribution in [0.15, 0.2) is 48.8 Å². The number of carbonyl (C=O) groups excluding carboxylic acids is 1. The largest absolute Gasteiger partial charge is 0.348 e. The third kappa shape index (κ3) is 3.30. The first kappa shape index (κ1) is 17.9. The number of anilines is 1. The molecule has 3 heterocycles. The molecule has 1 amide bonds. The smallest absolute Gasteiger partial charge is 0.231 e. The molecule has 0 N–H and O–H groups in total. The minimum absolute atomic E-state index is 0.104. The van der Waals surface area contributed by atoms with Gasteiger partial charge in [0, 0.05) is 52.7 Å². The van der Waals surface area contributed by atoms with Crippen molar-refractivity contribution < 1.29 is 4.79 Å². The van der Waals surface area contributed by atoms with E-state index in [1.54, 1.807) is 17.3 Å². The van der Waals surface area contributed by atoms with Gasteiger partial charge in [-0.05, 0) is 24.5 Å². The molecule has 0 aliphatic carbocycles. The number of carbonyl (C=O) groups is 1. The summed E-state index contributed by atoms with van der Waals surface area (Å²) in [7, 11) is 3.73. The first-order chi connectivity index (χ1) is 13.1. The van der Waals surface area contributed by atoms with Gasteiger partial charge in [0.1, 0.15) is 0 Å². The van der Waals surface area contributed by atoms with E-state index in [2.05, 4.69) is 44.0 Å². The van der Waals surface area contributed by atoms with Crippen LogP contribution in [0.3, 0.4) is 0 Å². The second kappa shape index (κ2) is 7.27. The summed E-state index contributed by atoms with van der Waals surface area (Å²) in [6.07, 6.45) is 5.46. The van der Waals surface area contributed by atoms with Crippen LogP contribution >= 0.6 is 0 Å². The summed E-state index contributed by atoms with van der Waals surface area (Å²) in [4.78, 5) is 28.7. The second-order valence-electron chi connectivity index (χ2n) is 7.87. The van der Waals surface area contributed by atoms with Gasteiger partial charge in [0.15, 0.2) is 0 Å². The Balaban J connectivity index is 1.66. The number of fused-ring (bicyclic) bond motifs is 1. The maximum atomic E-state index is 13.3. The Morgan fingerprint density at radius 1 is 1.19 bits per heavy atom. The zero-order valence-electron chi connectivity index (χ0n) is 16.1. The first-order valence-electron chi connectivity index (χ1n) is 9.62. The Hall–Kier alpha value is -2.47. The van der Waals surface area contributed by atoms with Gasteiger partial charge in [-0.15, -0.1) is 0 Å². The molecule has 1 aromatic carbocycles. The topological polar surface area (TPSA) is 52.6 Å². The predicted octanol–water partition coefficient (Wildman–Crippen LogP) is 2.04. The molecule has 2 aliphatic heterocycles. The number of amides is 1. The van der Waals surface area contributed by atoms with Crippen molar-refractivity contribution in [3.8, 4) is 0 Å². The van der Waals surface area contributed by atoms with Gasteiger partial charge in [-0.25, -0.2) is 9.97 Å². The SMILES string of the molecule is CN(C)C(=O)[C@@]12CCCN(c3ncccn3)[C@@H]1CN(Cc1ccccc1)C2. The number of hydrogen-bond acceptors (Lipinski definition) is 5. The van der Waals surface area contributed by atoms with E-state index in [0.717, 1.165) is 45.0 Å². The van der Waals surface area contributed by atoms with E-state index in [1.165, 1.54) is 5.56 Å². The summed E-state index contributed by atoms with van der Waals surface area (Å²) in [5.41, 5.74) is 0.890. The van der Waals surface area contributed by atoms with Gasteiger partial charge in [-0.2, -0.15) is 0 Å². The minimum atomic E-state index is -0.393. The van der Waals surface area contributed by atoms with Crippen molar-refractivity contribution in [1.82, 2.24) is 19.8 Å². The van der Waals surface area contributed by atoms with Gasteiger partial charge in [0.2, 0.25) is 11.9 Å². The molecule has 0 radical (unpaired) electrons. The van der Waals surface area contributed by atoms with Gasteiger partial charge in [-0.3, -0.25) is 9.69 Å². The molecule has 6 nitrogen and oxygen atoms in total. The Kier molecular flexibility index (Phi) is 4.83. The summed E-state index contributed by atoms with van der Waals surface area (Å²) in [6.45, 7) is 3.40. The fraction of sp³-hybridized carbons (Fsp3) is 0.476. The van der Waals surface area contributed by atoms with Crippen LogP contribution in [0, 0.1) is 5.41 Å². The number of nitrogens with zero attached hydrogens (tertiary/aromatic N) is 5. The molecule has 2 atom stereocenters. The Morgan fingerprint density at radius 2 is 1.93 bits per heavy atom. The normalized spacial score (nSPS) is 25.3. The lowest BCUT2D eigenvalue weighted by Crippen LogP contribution is -2.58. The molecule has 0 bridgehead atoms. The van der Waals surface area contributed by atoms with Crippen molar-refractivity contribution in [2.75, 3.05) is 38.6 Å². The Labute approximate surface area is 160 Å². The highest BCUT2D eigenvalue weighted by atomic mass is 16.2. The molecule has 27 heavy (non-hydrogen) atoms. The fourth-order valence-corrected chi connectivity index (χ4v) is 4.75. The molecule has 0 unspecified atom stereocenters. The average molecular weight is 365 g/mol. The zero-order chi connectivity index (χ0) is 18.9. The van der Waals surface area contributed by atoms with E-state index < -0.39 is 5.41 Å². The van der Waals surface area contributed by atoms with Gasteiger partial charge in [0.25, 0.3) is 0 Å². The van der Waals surface area contributed by atoms with Crippen LogP contribution in [-0.4, -0.2) is 65.4 Å². The van der Waals surface area contributed by atoms with Gasteiger partial charge < -0.3 is 9.80 Å². The van der Waals surface area contributed by atoms with Crippen LogP contribution in [-0.2, 0) is 11.3 Å². The van der Waals surface area contributed by atoms with Crippen molar-refractivity contribution >= 4 is 11.9 Å². The lowest BCUT2D eigenvalue weighted by molar-refractivity contribution is -0.140. The zero-order valence-corrected chi connectivity index (χ0v) is 16.1. The summed E-state index contributed by atoms with van der Waals surface area (Å²) in [5.74, 6) is 0.961. The molecule has 6 heteroatoms. The van der Waals surface area contributed by atoms with Crippen LogP contribution in [0.2, 0.25) is 0 Å². The van der Waals surface area contributed by atoms with Crippen molar-refractivity contribution in [2.24, 2.45) is 5.41 Å². The predicted molar refractivity (Wildman–Crippen MR) is 105 cm³/mol. The lowest BCUT2D eigenvalue weighted by atomic mass is 9.74. The third-order valence-electron chi connectivity index (χ3n) is 5.86. The highest BCUT2D eigenvalue weighted by Gasteiger charge is 2.56. The molecule has 2 aromatic rings. The second-order valence-corrected chi connectivity index (χ2v) is 7.87. The summed E-state index contributed by atoms with van der Waals surface area (Å²) < 4.78 is 0. The van der Waals surface area contributed by atoms with E-state index in [1.807, 2.05) is 26.2 Å². The first-order valence-corrected chi connectivity index (χ1v) is 9.62. The third-order valence-corrected chi connectivity index (χ3v) is 5.86. The van der Waals surface area contributed by atoms with Crippen LogP contribution in [0.25, 0.3) is 0 Å². The van der Waals surface area contributed by atoms with E-state index in [0.29, 0.717) is 0 Å². The van der Waals surface area contributed by atoms with Crippen LogP contribution < -0.4 is 4.90 Å². The van der Waals surface area contributed by atoms with Gasteiger partial charge in [0.05, 0.1) is 11.5 Å². The van der Waals surface area contributed by atoms with Crippen LogP contribution in [0.1, 0.15) is 18.4 Å². The summed E-state index contributed by atoms with van der Waals surface area (Å²) in [5, 5.41) is 0. The molecular formula is C21H27N5O. The summed E-state index contributed by atoms with van der Waals surface area (Å²) >= 11 is 0. The minimum Gasteiger partial charge on any atom is -0.348 e. The standard InChI is InChI=1S/C21H27N5O/c1-24(2)19(27)21-10-6-13-26(20-22-11-7-12-23-20)18(21)15-25(16-21)14-17-8-4-3-5-9-17/h3-5,7-9,11-12,18H,6,10,13-16H2,1-2H3/t18-,21-/m1/s1. The van der Waals surface area contributed by atoms with Crippen molar-refractivity contribution in [2.45, 2.75) is 25.4 Å². The van der Waals surface area contributed by atoms with Gasteiger partial charge >= 0.3 is 0 Å². The van der Waals surface area contributed by atoms with Crippen molar-refractivity contribution in [1.29, 1.82) is 0 Å². The van der Waals surface area contributed by atoms with E-state index in [9.17, 15) is 4.79 Å². The monoisotopic (exact) mass is 365 g/mol. The molecule has 1 aromatic heterocycles. The average Bonchev–Trinajstić information content (AvgIpc) is 3.07. The fourth-order valence-electron chi connectivity index (χ4n) is 4.75. The molecule has 0 saturated carbocycles. The number of likely N-dealkylation sites (tertiary alicyclic amines) is 1. The molecule has 142 valence electrons. The maximum absolute atomic E-state index is 13.3. The molecule has 2 fully saturated rings. The van der Waals surface area contributed by atoms with E-state index in [4.69, 9.17) is 0 Å². The van der Waals surface area contributed by atoms with E-state index >= 15 is 0 Å². The number of piperidine rings is 1. The number of benzene rings is 1. The highest BCUT2D eigenvalue weighted by molar-refractivity contribution is 5.85. The number of hydrogen-bond donors (Lipinski definition) is 0. The molecule has 0 spiro atoms. The van der Waals surface area contributed by atoms with Gasteiger partial charge in [-0.1, -0.05) is 30.3 Å². The number of aromatic nitrogens is 2. The Bertz CT molecular complexity index is 782. The molecular weight excluding hydrogens is 338 g/mol. The Morgan fingerprint density at radius 3 is 2.63 bits per heavy atom. The van der Waals surface area contributed by atoms with Crippen molar-refractivity contribution in [3.05, 3.63) is 54.4 Å². The maximum Gasteiger partial charge on any atom is 0.231 e. The number of rotatable bonds is 4. The van der Waals surface area contributed by atoms with E-state index in [-0.39, 0.29) is 11.9 Å². The van der Waals surface area contributed by atoms with Crippen LogP contribution in [0.5, 0.6) is 0 Å². The summed E-state index contributed by atoms with van der Waals surface area (Å²) in [6, 6.07) is 12.4. The van der Waals surface area contributed by atoms with Crippen LogP contribution in [0.4, 0.5) is 5.95 Å². The molecule has 2 aliphatic rings. The highest BCUT2D eigenvalue weighted by Crippen LogP contribution is 2.44. The molecule has 4 rings (SSSR count). The lowest BCUT2D eigenvalue weighted by Gasteiger charge is -2.45. The molecule has 2 saturated heterocycles. The quantitative estimate of drug-likeness (QED) is 0.830.